The molecule has 0 atom stereocenters. The molecule has 0 N–H and O–H groups in total. The number of likely N-dealkylation sites (tertiary alicyclic amines) is 1. The van der Waals surface area contributed by atoms with Gasteiger partial charge in [0.2, 0.25) is 11.8 Å². The summed E-state index contributed by atoms with van der Waals surface area (Å²) in [6.45, 7) is 3.36. The van der Waals surface area contributed by atoms with E-state index in [0.29, 0.717) is 57.8 Å². The van der Waals surface area contributed by atoms with Crippen LogP contribution in [0.25, 0.3) is 0 Å². The standard InChI is InChI=1S/C21H26F3N3O2/c22-21(23,24)17-2-1-3-18(14-17)25-10-12-27(13-11-25)20(29)16-6-8-26(9-7-16)19(28)15-4-5-15/h1-3,14-16H,4-13H2. The second kappa shape index (κ2) is 7.88. The summed E-state index contributed by atoms with van der Waals surface area (Å²) in [5, 5.41) is 0. The molecule has 0 spiro atoms. The Morgan fingerprint density at radius 2 is 1.34 bits per heavy atom. The van der Waals surface area contributed by atoms with E-state index in [2.05, 4.69) is 0 Å². The highest BCUT2D eigenvalue weighted by Crippen LogP contribution is 2.33. The Morgan fingerprint density at radius 3 is 1.90 bits per heavy atom. The summed E-state index contributed by atoms with van der Waals surface area (Å²) < 4.78 is 38.8. The van der Waals surface area contributed by atoms with Crippen molar-refractivity contribution in [1.82, 2.24) is 9.80 Å². The van der Waals surface area contributed by atoms with Crippen LogP contribution in [-0.4, -0.2) is 60.9 Å². The van der Waals surface area contributed by atoms with E-state index in [9.17, 15) is 22.8 Å². The van der Waals surface area contributed by atoms with Crippen LogP contribution in [0.2, 0.25) is 0 Å². The minimum Gasteiger partial charge on any atom is -0.368 e. The Bertz CT molecular complexity index is 763. The van der Waals surface area contributed by atoms with Gasteiger partial charge in [-0.1, -0.05) is 6.07 Å². The largest absolute Gasteiger partial charge is 0.416 e. The normalized spacial score (nSPS) is 21.4. The predicted molar refractivity (Wildman–Crippen MR) is 102 cm³/mol. The van der Waals surface area contributed by atoms with Crippen molar-refractivity contribution >= 4 is 17.5 Å². The molecule has 3 aliphatic rings. The van der Waals surface area contributed by atoms with E-state index in [-0.39, 0.29) is 23.7 Å². The summed E-state index contributed by atoms with van der Waals surface area (Å²) in [5.41, 5.74) is -0.111. The number of nitrogens with zero attached hydrogens (tertiary/aromatic N) is 3. The number of carbonyl (C=O) groups excluding carboxylic acids is 2. The van der Waals surface area contributed by atoms with E-state index in [1.54, 1.807) is 6.07 Å². The van der Waals surface area contributed by atoms with Crippen molar-refractivity contribution in [2.24, 2.45) is 11.8 Å². The van der Waals surface area contributed by atoms with Crippen LogP contribution in [0.5, 0.6) is 0 Å². The molecule has 1 aromatic carbocycles. The molecule has 0 bridgehead atoms. The highest BCUT2D eigenvalue weighted by molar-refractivity contribution is 5.82. The Kier molecular flexibility index (Phi) is 5.44. The fraction of sp³-hybridized carbons (Fsp3) is 0.619. The maximum absolute atomic E-state index is 12.9. The summed E-state index contributed by atoms with van der Waals surface area (Å²) in [6, 6.07) is 5.35. The van der Waals surface area contributed by atoms with Crippen molar-refractivity contribution < 1.29 is 22.8 Å². The zero-order valence-corrected chi connectivity index (χ0v) is 16.3. The molecule has 29 heavy (non-hydrogen) atoms. The molecule has 0 radical (unpaired) electrons. The third kappa shape index (κ3) is 4.51. The van der Waals surface area contributed by atoms with Gasteiger partial charge in [0.1, 0.15) is 0 Å². The van der Waals surface area contributed by atoms with Crippen LogP contribution in [-0.2, 0) is 15.8 Å². The Balaban J connectivity index is 1.28. The van der Waals surface area contributed by atoms with Crippen LogP contribution in [0.3, 0.4) is 0 Å². The summed E-state index contributed by atoms with van der Waals surface area (Å²) in [4.78, 5) is 30.6. The third-order valence-electron chi connectivity index (χ3n) is 6.21. The average molecular weight is 409 g/mol. The number of halogens is 3. The molecule has 2 saturated heterocycles. The summed E-state index contributed by atoms with van der Waals surface area (Å²) in [5.74, 6) is 0.516. The molecule has 2 aliphatic heterocycles. The summed E-state index contributed by atoms with van der Waals surface area (Å²) >= 11 is 0. The predicted octanol–water partition coefficient (Wildman–Crippen LogP) is 3.00. The highest BCUT2D eigenvalue weighted by atomic mass is 19.4. The number of amides is 2. The topological polar surface area (TPSA) is 43.9 Å². The maximum Gasteiger partial charge on any atom is 0.416 e. The minimum absolute atomic E-state index is 0.0571. The molecule has 1 aromatic rings. The van der Waals surface area contributed by atoms with E-state index in [4.69, 9.17) is 0 Å². The molecular formula is C21H26F3N3O2. The van der Waals surface area contributed by atoms with E-state index in [1.165, 1.54) is 12.1 Å². The number of benzene rings is 1. The van der Waals surface area contributed by atoms with Crippen LogP contribution < -0.4 is 4.90 Å². The van der Waals surface area contributed by atoms with Gasteiger partial charge in [-0.2, -0.15) is 13.2 Å². The lowest BCUT2D eigenvalue weighted by Gasteiger charge is -2.39. The lowest BCUT2D eigenvalue weighted by molar-refractivity contribution is -0.141. The van der Waals surface area contributed by atoms with Crippen LogP contribution in [0.1, 0.15) is 31.2 Å². The molecule has 8 heteroatoms. The summed E-state index contributed by atoms with van der Waals surface area (Å²) in [7, 11) is 0. The van der Waals surface area contributed by atoms with Gasteiger partial charge >= 0.3 is 6.18 Å². The van der Waals surface area contributed by atoms with Crippen LogP contribution >= 0.6 is 0 Å². The van der Waals surface area contributed by atoms with Gasteiger partial charge in [-0.25, -0.2) is 0 Å². The Hall–Kier alpha value is -2.25. The maximum atomic E-state index is 12.9. The summed E-state index contributed by atoms with van der Waals surface area (Å²) in [6.07, 6.45) is -0.971. The van der Waals surface area contributed by atoms with Gasteiger partial charge in [0, 0.05) is 56.8 Å². The van der Waals surface area contributed by atoms with Gasteiger partial charge in [0.05, 0.1) is 5.56 Å². The fourth-order valence-electron chi connectivity index (χ4n) is 4.26. The number of piperazine rings is 1. The van der Waals surface area contributed by atoms with E-state index in [0.717, 1.165) is 18.9 Å². The first kappa shape index (κ1) is 20.0. The van der Waals surface area contributed by atoms with Crippen LogP contribution in [0.4, 0.5) is 18.9 Å². The van der Waals surface area contributed by atoms with Crippen molar-refractivity contribution in [3.63, 3.8) is 0 Å². The molecule has 3 fully saturated rings. The highest BCUT2D eigenvalue weighted by Gasteiger charge is 2.37. The van der Waals surface area contributed by atoms with Crippen LogP contribution in [0, 0.1) is 11.8 Å². The van der Waals surface area contributed by atoms with Crippen molar-refractivity contribution in [2.45, 2.75) is 31.9 Å². The monoisotopic (exact) mass is 409 g/mol. The van der Waals surface area contributed by atoms with Gasteiger partial charge in [-0.3, -0.25) is 9.59 Å². The second-order valence-electron chi connectivity index (χ2n) is 8.23. The minimum atomic E-state index is -4.36. The van der Waals surface area contributed by atoms with E-state index < -0.39 is 11.7 Å². The first-order valence-electron chi connectivity index (χ1n) is 10.3. The molecule has 0 aromatic heterocycles. The molecule has 1 saturated carbocycles. The van der Waals surface area contributed by atoms with Crippen molar-refractivity contribution in [2.75, 3.05) is 44.2 Å². The number of hydrogen-bond acceptors (Lipinski definition) is 3. The fourth-order valence-corrected chi connectivity index (χ4v) is 4.26. The van der Waals surface area contributed by atoms with Gasteiger partial charge in [0.25, 0.3) is 0 Å². The second-order valence-corrected chi connectivity index (χ2v) is 8.23. The van der Waals surface area contributed by atoms with Gasteiger partial charge < -0.3 is 14.7 Å². The zero-order chi connectivity index (χ0) is 20.6. The number of anilines is 1. The molecule has 2 amide bonds. The SMILES string of the molecule is O=C(C1CC1)N1CCC(C(=O)N2CCN(c3cccc(C(F)(F)F)c3)CC2)CC1. The Morgan fingerprint density at radius 1 is 0.793 bits per heavy atom. The third-order valence-corrected chi connectivity index (χ3v) is 6.21. The van der Waals surface area contributed by atoms with E-state index >= 15 is 0 Å². The van der Waals surface area contributed by atoms with Crippen molar-refractivity contribution in [3.8, 4) is 0 Å². The molecule has 2 heterocycles. The first-order chi connectivity index (χ1) is 13.8. The average Bonchev–Trinajstić information content (AvgIpc) is 3.58. The van der Waals surface area contributed by atoms with Gasteiger partial charge in [0.15, 0.2) is 0 Å². The lowest BCUT2D eigenvalue weighted by Crippen LogP contribution is -2.52. The zero-order valence-electron chi connectivity index (χ0n) is 16.3. The number of alkyl halides is 3. The number of piperidine rings is 1. The molecule has 158 valence electrons. The molecular weight excluding hydrogens is 383 g/mol. The Labute approximate surface area is 168 Å². The first-order valence-corrected chi connectivity index (χ1v) is 10.3. The smallest absolute Gasteiger partial charge is 0.368 e. The number of carbonyl (C=O) groups is 2. The number of rotatable bonds is 3. The van der Waals surface area contributed by atoms with Crippen LogP contribution in [0.15, 0.2) is 24.3 Å². The molecule has 4 rings (SSSR count). The molecule has 5 nitrogen and oxygen atoms in total. The molecule has 0 unspecified atom stereocenters. The molecule has 1 aliphatic carbocycles. The number of hydrogen-bond donors (Lipinski definition) is 0. The quantitative estimate of drug-likeness (QED) is 0.771. The van der Waals surface area contributed by atoms with E-state index in [1.807, 2.05) is 14.7 Å². The van der Waals surface area contributed by atoms with Crippen molar-refractivity contribution in [1.29, 1.82) is 0 Å². The van der Waals surface area contributed by atoms with Gasteiger partial charge in [-0.05, 0) is 43.9 Å². The van der Waals surface area contributed by atoms with Gasteiger partial charge in [-0.15, -0.1) is 0 Å². The lowest BCUT2D eigenvalue weighted by atomic mass is 9.94. The van der Waals surface area contributed by atoms with Crippen molar-refractivity contribution in [3.05, 3.63) is 29.8 Å².